The van der Waals surface area contributed by atoms with Gasteiger partial charge < -0.3 is 10.1 Å². The molecule has 1 fully saturated rings. The molecule has 0 bridgehead atoms. The quantitative estimate of drug-likeness (QED) is 0.830. The number of thioether (sulfide) groups is 1. The molecule has 1 N–H and O–H groups in total. The molecule has 1 aromatic rings. The van der Waals surface area contributed by atoms with Crippen LogP contribution < -0.4 is 10.1 Å². The second-order valence-electron chi connectivity index (χ2n) is 4.82. The van der Waals surface area contributed by atoms with Crippen LogP contribution in [0.15, 0.2) is 12.4 Å². The van der Waals surface area contributed by atoms with Crippen molar-refractivity contribution in [2.24, 2.45) is 0 Å². The molecule has 0 radical (unpaired) electrons. The van der Waals surface area contributed by atoms with Crippen LogP contribution in [0.5, 0.6) is 5.88 Å². The molecule has 2 unspecified atom stereocenters. The van der Waals surface area contributed by atoms with Gasteiger partial charge in [0, 0.05) is 17.4 Å². The maximum absolute atomic E-state index is 5.52. The van der Waals surface area contributed by atoms with E-state index in [1.54, 1.807) is 6.33 Å². The summed E-state index contributed by atoms with van der Waals surface area (Å²) in [5.74, 6) is 2.75. The fraction of sp³-hybridized carbons (Fsp3) is 0.714. The van der Waals surface area contributed by atoms with Crippen LogP contribution in [-0.4, -0.2) is 33.6 Å². The number of aromatic nitrogens is 2. The number of hydrogen-bond donors (Lipinski definition) is 1. The maximum atomic E-state index is 5.52. The van der Waals surface area contributed by atoms with Crippen molar-refractivity contribution in [3.63, 3.8) is 0 Å². The number of hydrogen-bond acceptors (Lipinski definition) is 5. The lowest BCUT2D eigenvalue weighted by Crippen LogP contribution is -2.17. The molecule has 0 spiro atoms. The lowest BCUT2D eigenvalue weighted by Gasteiger charge is -2.14. The van der Waals surface area contributed by atoms with E-state index < -0.39 is 0 Å². The molecule has 4 nitrogen and oxygen atoms in total. The topological polar surface area (TPSA) is 47.0 Å². The highest BCUT2D eigenvalue weighted by molar-refractivity contribution is 7.99. The van der Waals surface area contributed by atoms with E-state index in [1.807, 2.05) is 6.07 Å². The van der Waals surface area contributed by atoms with Crippen molar-refractivity contribution in [2.45, 2.75) is 50.8 Å². The first-order valence-electron chi connectivity index (χ1n) is 7.14. The summed E-state index contributed by atoms with van der Waals surface area (Å²) in [6, 6.07) is 2.44. The van der Waals surface area contributed by atoms with E-state index in [-0.39, 0.29) is 0 Å². The molecule has 0 amide bonds. The summed E-state index contributed by atoms with van der Waals surface area (Å²) >= 11 is 2.07. The molecule has 1 aromatic heterocycles. The van der Waals surface area contributed by atoms with Gasteiger partial charge in [-0.2, -0.15) is 11.8 Å². The van der Waals surface area contributed by atoms with Crippen LogP contribution in [0.25, 0.3) is 0 Å². The molecular formula is C14H23N3OS. The third kappa shape index (κ3) is 4.56. The fourth-order valence-electron chi connectivity index (χ4n) is 2.37. The fourth-order valence-corrected chi connectivity index (χ4v) is 3.51. The Kier molecular flexibility index (Phi) is 5.76. The lowest BCUT2D eigenvalue weighted by atomic mass is 10.2. The van der Waals surface area contributed by atoms with Crippen LogP contribution in [-0.2, 0) is 0 Å². The summed E-state index contributed by atoms with van der Waals surface area (Å²) in [7, 11) is 0. The molecule has 0 aromatic carbocycles. The van der Waals surface area contributed by atoms with Crippen molar-refractivity contribution >= 4 is 17.6 Å². The molecule has 19 heavy (non-hydrogen) atoms. The number of anilines is 1. The normalized spacial score (nSPS) is 22.4. The Morgan fingerprint density at radius 2 is 2.26 bits per heavy atom. The highest BCUT2D eigenvalue weighted by Crippen LogP contribution is 2.31. The van der Waals surface area contributed by atoms with E-state index in [1.165, 1.54) is 25.0 Å². The van der Waals surface area contributed by atoms with Gasteiger partial charge in [-0.05, 0) is 31.4 Å². The summed E-state index contributed by atoms with van der Waals surface area (Å²) < 4.78 is 5.52. The first kappa shape index (κ1) is 14.4. The van der Waals surface area contributed by atoms with Crippen molar-refractivity contribution in [1.82, 2.24) is 9.97 Å². The Morgan fingerprint density at radius 3 is 3.05 bits per heavy atom. The number of rotatable bonds is 7. The molecular weight excluding hydrogens is 258 g/mol. The summed E-state index contributed by atoms with van der Waals surface area (Å²) in [6.45, 7) is 5.02. The van der Waals surface area contributed by atoms with Crippen molar-refractivity contribution < 1.29 is 4.74 Å². The van der Waals surface area contributed by atoms with Gasteiger partial charge in [-0.1, -0.05) is 13.8 Å². The monoisotopic (exact) mass is 281 g/mol. The lowest BCUT2D eigenvalue weighted by molar-refractivity contribution is 0.305. The first-order valence-corrected chi connectivity index (χ1v) is 8.19. The van der Waals surface area contributed by atoms with Gasteiger partial charge >= 0.3 is 0 Å². The van der Waals surface area contributed by atoms with E-state index in [2.05, 4.69) is 40.9 Å². The van der Waals surface area contributed by atoms with Crippen LogP contribution in [0, 0.1) is 0 Å². The van der Waals surface area contributed by atoms with Crippen molar-refractivity contribution in [3.8, 4) is 5.88 Å². The molecule has 0 aliphatic heterocycles. The molecule has 1 aliphatic rings. The van der Waals surface area contributed by atoms with E-state index in [9.17, 15) is 0 Å². The minimum absolute atomic E-state index is 0.540. The number of ether oxygens (including phenoxy) is 1. The Labute approximate surface area is 119 Å². The van der Waals surface area contributed by atoms with E-state index >= 15 is 0 Å². The highest BCUT2D eigenvalue weighted by Gasteiger charge is 2.24. The molecule has 0 saturated heterocycles. The Balaban J connectivity index is 1.85. The molecule has 1 heterocycles. The van der Waals surface area contributed by atoms with Gasteiger partial charge in [-0.3, -0.25) is 0 Å². The van der Waals surface area contributed by atoms with Gasteiger partial charge in [0.2, 0.25) is 5.88 Å². The van der Waals surface area contributed by atoms with Gasteiger partial charge in [0.15, 0.2) is 0 Å². The molecule has 1 aliphatic carbocycles. The van der Waals surface area contributed by atoms with E-state index in [0.29, 0.717) is 18.5 Å². The van der Waals surface area contributed by atoms with E-state index in [4.69, 9.17) is 4.74 Å². The molecule has 5 heteroatoms. The minimum Gasteiger partial charge on any atom is -0.478 e. The zero-order valence-electron chi connectivity index (χ0n) is 11.8. The molecule has 2 atom stereocenters. The van der Waals surface area contributed by atoms with Crippen LogP contribution in [0.1, 0.15) is 39.5 Å². The Hall–Kier alpha value is -0.970. The van der Waals surface area contributed by atoms with Crippen molar-refractivity contribution in [1.29, 1.82) is 0 Å². The Bertz CT molecular complexity index is 389. The van der Waals surface area contributed by atoms with E-state index in [0.717, 1.165) is 17.5 Å². The summed E-state index contributed by atoms with van der Waals surface area (Å²) in [5.41, 5.74) is 0. The van der Waals surface area contributed by atoms with Crippen LogP contribution in [0.3, 0.4) is 0 Å². The average molecular weight is 281 g/mol. The van der Waals surface area contributed by atoms with Crippen LogP contribution in [0.2, 0.25) is 0 Å². The van der Waals surface area contributed by atoms with Crippen LogP contribution in [0.4, 0.5) is 5.82 Å². The number of nitrogens with zero attached hydrogens (tertiary/aromatic N) is 2. The van der Waals surface area contributed by atoms with Gasteiger partial charge in [-0.25, -0.2) is 9.97 Å². The number of nitrogens with one attached hydrogen (secondary N) is 1. The van der Waals surface area contributed by atoms with Gasteiger partial charge in [0.25, 0.3) is 0 Å². The summed E-state index contributed by atoms with van der Waals surface area (Å²) in [6.07, 6.45) is 6.33. The summed E-state index contributed by atoms with van der Waals surface area (Å²) in [5, 5.41) is 4.31. The maximum Gasteiger partial charge on any atom is 0.218 e. The predicted octanol–water partition coefficient (Wildman–Crippen LogP) is 3.35. The van der Waals surface area contributed by atoms with Gasteiger partial charge in [0.05, 0.1) is 6.61 Å². The standard InChI is InChI=1S/C14H23N3OS/c1-3-7-18-14-9-13(15-10-16-14)17-11-5-6-12(8-11)19-4-2/h9-12H,3-8H2,1-2H3,(H,15,16,17). The SMILES string of the molecule is CCCOc1cc(NC2CCC(SCC)C2)ncn1. The largest absolute Gasteiger partial charge is 0.478 e. The predicted molar refractivity (Wildman–Crippen MR) is 81.0 cm³/mol. The molecule has 2 rings (SSSR count). The second-order valence-corrected chi connectivity index (χ2v) is 6.40. The smallest absolute Gasteiger partial charge is 0.218 e. The molecule has 106 valence electrons. The molecule has 1 saturated carbocycles. The van der Waals surface area contributed by atoms with Gasteiger partial charge in [0.1, 0.15) is 12.1 Å². The minimum atomic E-state index is 0.540. The Morgan fingerprint density at radius 1 is 1.37 bits per heavy atom. The third-order valence-corrected chi connectivity index (χ3v) is 4.47. The van der Waals surface area contributed by atoms with Crippen LogP contribution >= 0.6 is 11.8 Å². The first-order chi connectivity index (χ1) is 9.31. The second kappa shape index (κ2) is 7.58. The third-order valence-electron chi connectivity index (χ3n) is 3.23. The zero-order valence-corrected chi connectivity index (χ0v) is 12.6. The highest BCUT2D eigenvalue weighted by atomic mass is 32.2. The van der Waals surface area contributed by atoms with Crippen molar-refractivity contribution in [2.75, 3.05) is 17.7 Å². The van der Waals surface area contributed by atoms with Crippen molar-refractivity contribution in [3.05, 3.63) is 12.4 Å². The van der Waals surface area contributed by atoms with Gasteiger partial charge in [-0.15, -0.1) is 0 Å². The zero-order chi connectivity index (χ0) is 13.5. The average Bonchev–Trinajstić information content (AvgIpc) is 2.85. The summed E-state index contributed by atoms with van der Waals surface area (Å²) in [4.78, 5) is 8.39.